The van der Waals surface area contributed by atoms with Crippen molar-refractivity contribution in [2.24, 2.45) is 5.92 Å². The number of nitrogens with zero attached hydrogens (tertiary/aromatic N) is 2. The zero-order chi connectivity index (χ0) is 14.5. The van der Waals surface area contributed by atoms with E-state index in [1.54, 1.807) is 0 Å². The Bertz CT molecular complexity index is 450. The van der Waals surface area contributed by atoms with Crippen LogP contribution in [0.25, 0.3) is 0 Å². The summed E-state index contributed by atoms with van der Waals surface area (Å²) in [6.07, 6.45) is 4.05. The van der Waals surface area contributed by atoms with Crippen molar-refractivity contribution in [2.45, 2.75) is 26.2 Å². The van der Waals surface area contributed by atoms with Crippen LogP contribution in [-0.2, 0) is 0 Å². The Morgan fingerprint density at radius 3 is 2.61 bits per heavy atom. The average molecular weight is 360 g/mol. The fourth-order valence-electron chi connectivity index (χ4n) is 3.76. The lowest BCUT2D eigenvalue weighted by Crippen LogP contribution is -2.39. The van der Waals surface area contributed by atoms with E-state index in [0.29, 0.717) is 0 Å². The van der Waals surface area contributed by atoms with Crippen molar-refractivity contribution in [3.63, 3.8) is 0 Å². The van der Waals surface area contributed by atoms with Crippen LogP contribution in [0.5, 0.6) is 0 Å². The Kier molecular flexibility index (Phi) is 9.30. The summed E-state index contributed by atoms with van der Waals surface area (Å²) in [4.78, 5) is 5.27. The number of piperidine rings is 1. The molecule has 5 heteroatoms. The minimum Gasteiger partial charge on any atom is -0.370 e. The summed E-state index contributed by atoms with van der Waals surface area (Å²) < 4.78 is 0. The van der Waals surface area contributed by atoms with E-state index >= 15 is 0 Å². The molecule has 3 rings (SSSR count). The van der Waals surface area contributed by atoms with E-state index in [-0.39, 0.29) is 24.8 Å². The van der Waals surface area contributed by atoms with Crippen LogP contribution < -0.4 is 10.2 Å². The standard InChI is InChI=1S/C18H29N3.2ClH/c1-16-6-2-3-8-18(16)21-11-5-10-20(12-13-21)15-17-7-4-9-19-14-17;;/h2-3,6,8,17,19H,4-5,7,9-15H2,1H3;2*1H. The molecule has 0 amide bonds. The van der Waals surface area contributed by atoms with Gasteiger partial charge in [-0.05, 0) is 63.4 Å². The van der Waals surface area contributed by atoms with Crippen molar-refractivity contribution in [3.05, 3.63) is 29.8 Å². The van der Waals surface area contributed by atoms with Gasteiger partial charge in [-0.3, -0.25) is 0 Å². The number of halogens is 2. The van der Waals surface area contributed by atoms with E-state index in [4.69, 9.17) is 0 Å². The van der Waals surface area contributed by atoms with Crippen molar-refractivity contribution >= 4 is 30.5 Å². The molecule has 0 bridgehead atoms. The van der Waals surface area contributed by atoms with E-state index in [1.807, 2.05) is 0 Å². The Labute approximate surface area is 153 Å². The first-order valence-electron chi connectivity index (χ1n) is 8.56. The maximum Gasteiger partial charge on any atom is 0.0396 e. The van der Waals surface area contributed by atoms with Gasteiger partial charge in [-0.2, -0.15) is 0 Å². The molecule has 0 spiro atoms. The minimum absolute atomic E-state index is 0. The monoisotopic (exact) mass is 359 g/mol. The first-order valence-corrected chi connectivity index (χ1v) is 8.56. The van der Waals surface area contributed by atoms with E-state index in [0.717, 1.165) is 5.92 Å². The summed E-state index contributed by atoms with van der Waals surface area (Å²) in [7, 11) is 0. The predicted molar refractivity (Wildman–Crippen MR) is 105 cm³/mol. The molecule has 0 aromatic heterocycles. The fourth-order valence-corrected chi connectivity index (χ4v) is 3.76. The van der Waals surface area contributed by atoms with Gasteiger partial charge in [0.2, 0.25) is 0 Å². The molecular weight excluding hydrogens is 329 g/mol. The van der Waals surface area contributed by atoms with Crippen LogP contribution in [0.3, 0.4) is 0 Å². The maximum atomic E-state index is 3.55. The zero-order valence-corrected chi connectivity index (χ0v) is 15.8. The number of rotatable bonds is 3. The summed E-state index contributed by atoms with van der Waals surface area (Å²) in [5.41, 5.74) is 2.83. The van der Waals surface area contributed by atoms with Crippen LogP contribution in [-0.4, -0.2) is 50.7 Å². The number of nitrogens with one attached hydrogen (secondary N) is 1. The van der Waals surface area contributed by atoms with Gasteiger partial charge in [-0.15, -0.1) is 24.8 Å². The molecule has 23 heavy (non-hydrogen) atoms. The molecule has 0 radical (unpaired) electrons. The Morgan fingerprint density at radius 2 is 1.87 bits per heavy atom. The largest absolute Gasteiger partial charge is 0.370 e. The quantitative estimate of drug-likeness (QED) is 0.892. The Morgan fingerprint density at radius 1 is 1.04 bits per heavy atom. The molecule has 2 saturated heterocycles. The van der Waals surface area contributed by atoms with E-state index in [9.17, 15) is 0 Å². The molecule has 1 atom stereocenters. The van der Waals surface area contributed by atoms with Crippen molar-refractivity contribution in [1.82, 2.24) is 10.2 Å². The molecule has 1 aromatic carbocycles. The third-order valence-electron chi connectivity index (χ3n) is 4.96. The van der Waals surface area contributed by atoms with Gasteiger partial charge in [0, 0.05) is 31.9 Å². The second-order valence-corrected chi connectivity index (χ2v) is 6.64. The van der Waals surface area contributed by atoms with E-state index < -0.39 is 0 Å². The number of para-hydroxylation sites is 1. The first kappa shape index (κ1) is 20.6. The number of aryl methyl sites for hydroxylation is 1. The topological polar surface area (TPSA) is 18.5 Å². The number of hydrogen-bond donors (Lipinski definition) is 1. The highest BCUT2D eigenvalue weighted by molar-refractivity contribution is 5.85. The van der Waals surface area contributed by atoms with Gasteiger partial charge in [0.25, 0.3) is 0 Å². The van der Waals surface area contributed by atoms with Gasteiger partial charge in [0.1, 0.15) is 0 Å². The van der Waals surface area contributed by atoms with Gasteiger partial charge < -0.3 is 15.1 Å². The molecule has 2 aliphatic heterocycles. The fraction of sp³-hybridized carbons (Fsp3) is 0.667. The second kappa shape index (κ2) is 10.4. The Hall–Kier alpha value is -0.480. The molecule has 2 fully saturated rings. The summed E-state index contributed by atoms with van der Waals surface area (Å²) in [6, 6.07) is 8.81. The van der Waals surface area contributed by atoms with Crippen LogP contribution in [0.15, 0.2) is 24.3 Å². The molecule has 1 aromatic rings. The minimum atomic E-state index is 0. The zero-order valence-electron chi connectivity index (χ0n) is 14.2. The smallest absolute Gasteiger partial charge is 0.0396 e. The van der Waals surface area contributed by atoms with Crippen molar-refractivity contribution in [1.29, 1.82) is 0 Å². The SMILES string of the molecule is Cc1ccccc1N1CCCN(CC2CCCNC2)CC1.Cl.Cl. The van der Waals surface area contributed by atoms with Crippen LogP contribution in [0.1, 0.15) is 24.8 Å². The lowest BCUT2D eigenvalue weighted by Gasteiger charge is -2.29. The third kappa shape index (κ3) is 5.82. The van der Waals surface area contributed by atoms with Crippen LogP contribution in [0.4, 0.5) is 5.69 Å². The van der Waals surface area contributed by atoms with Gasteiger partial charge in [-0.25, -0.2) is 0 Å². The number of anilines is 1. The highest BCUT2D eigenvalue weighted by Gasteiger charge is 2.20. The normalized spacial score (nSPS) is 22.7. The molecular formula is C18H31Cl2N3. The number of hydrogen-bond acceptors (Lipinski definition) is 3. The van der Waals surface area contributed by atoms with Crippen molar-refractivity contribution < 1.29 is 0 Å². The second-order valence-electron chi connectivity index (χ2n) is 6.64. The molecule has 0 saturated carbocycles. The van der Waals surface area contributed by atoms with Gasteiger partial charge in [-0.1, -0.05) is 18.2 Å². The van der Waals surface area contributed by atoms with Gasteiger partial charge in [0.15, 0.2) is 0 Å². The van der Waals surface area contributed by atoms with Crippen LogP contribution in [0, 0.1) is 12.8 Å². The Balaban J connectivity index is 0.00000132. The van der Waals surface area contributed by atoms with Crippen LogP contribution in [0.2, 0.25) is 0 Å². The van der Waals surface area contributed by atoms with Crippen molar-refractivity contribution in [2.75, 3.05) is 50.7 Å². The lowest BCUT2D eigenvalue weighted by atomic mass is 9.99. The lowest BCUT2D eigenvalue weighted by molar-refractivity contribution is 0.219. The molecule has 1 N–H and O–H groups in total. The van der Waals surface area contributed by atoms with Gasteiger partial charge in [0.05, 0.1) is 0 Å². The van der Waals surface area contributed by atoms with E-state index in [2.05, 4.69) is 46.3 Å². The van der Waals surface area contributed by atoms with E-state index in [1.165, 1.54) is 76.3 Å². The third-order valence-corrected chi connectivity index (χ3v) is 4.96. The summed E-state index contributed by atoms with van der Waals surface area (Å²) >= 11 is 0. The molecule has 0 aliphatic carbocycles. The summed E-state index contributed by atoms with van der Waals surface area (Å²) in [5.74, 6) is 0.865. The molecule has 132 valence electrons. The summed E-state index contributed by atoms with van der Waals surface area (Å²) in [6.45, 7) is 10.8. The molecule has 2 aliphatic rings. The molecule has 3 nitrogen and oxygen atoms in total. The maximum absolute atomic E-state index is 3.55. The highest BCUT2D eigenvalue weighted by atomic mass is 35.5. The van der Waals surface area contributed by atoms with Gasteiger partial charge >= 0.3 is 0 Å². The van der Waals surface area contributed by atoms with Crippen molar-refractivity contribution in [3.8, 4) is 0 Å². The first-order chi connectivity index (χ1) is 10.3. The highest BCUT2D eigenvalue weighted by Crippen LogP contribution is 2.21. The predicted octanol–water partition coefficient (Wildman–Crippen LogP) is 3.35. The average Bonchev–Trinajstić information content (AvgIpc) is 2.74. The number of benzene rings is 1. The molecule has 2 heterocycles. The molecule has 1 unspecified atom stereocenters. The summed E-state index contributed by atoms with van der Waals surface area (Å²) in [5, 5.41) is 3.55. The van der Waals surface area contributed by atoms with Crippen LogP contribution >= 0.6 is 24.8 Å².